The number of hydrogen-bond donors (Lipinski definition) is 2. The Kier molecular flexibility index (Phi) is 6.92. The molecule has 0 unspecified atom stereocenters. The van der Waals surface area contributed by atoms with Crippen LogP contribution in [-0.4, -0.2) is 53.0 Å². The first-order valence-electron chi connectivity index (χ1n) is 6.74. The third kappa shape index (κ3) is 4.89. The van der Waals surface area contributed by atoms with Crippen LogP contribution in [0.1, 0.15) is 29.9 Å². The summed E-state index contributed by atoms with van der Waals surface area (Å²) in [5, 5.41) is 11.2. The molecule has 2 N–H and O–H groups in total. The Labute approximate surface area is 124 Å². The zero-order valence-electron chi connectivity index (χ0n) is 12.2. The summed E-state index contributed by atoms with van der Waals surface area (Å²) in [5.74, 6) is 4.52. The molecule has 0 bridgehead atoms. The molecule has 112 valence electrons. The number of hydrogen-bond acceptors (Lipinski definition) is 4. The topological polar surface area (TPSA) is 82.5 Å². The van der Waals surface area contributed by atoms with Gasteiger partial charge < -0.3 is 15.3 Å². The molecular formula is C15H19N3O3. The van der Waals surface area contributed by atoms with Gasteiger partial charge in [-0.25, -0.2) is 4.98 Å². The van der Waals surface area contributed by atoms with Crippen molar-refractivity contribution in [3.05, 3.63) is 29.6 Å². The molecule has 0 atom stereocenters. The first kappa shape index (κ1) is 16.7. The van der Waals surface area contributed by atoms with Gasteiger partial charge >= 0.3 is 0 Å². The second-order valence-electron chi connectivity index (χ2n) is 4.11. The molecule has 0 aliphatic rings. The van der Waals surface area contributed by atoms with Gasteiger partial charge in [0.2, 0.25) is 5.91 Å². The molecule has 0 aliphatic heterocycles. The van der Waals surface area contributed by atoms with E-state index in [0.717, 1.165) is 0 Å². The molecule has 0 fully saturated rings. The van der Waals surface area contributed by atoms with Crippen molar-refractivity contribution in [3.8, 4) is 11.8 Å². The largest absolute Gasteiger partial charge is 0.384 e. The van der Waals surface area contributed by atoms with Crippen molar-refractivity contribution in [2.75, 3.05) is 26.2 Å². The van der Waals surface area contributed by atoms with E-state index in [0.29, 0.717) is 18.7 Å². The van der Waals surface area contributed by atoms with Gasteiger partial charge in [0.15, 0.2) is 0 Å². The van der Waals surface area contributed by atoms with Crippen LogP contribution < -0.4 is 5.32 Å². The van der Waals surface area contributed by atoms with Crippen LogP contribution in [0.25, 0.3) is 0 Å². The average Bonchev–Trinajstić information content (AvgIpc) is 2.52. The molecule has 1 rings (SSSR count). The molecule has 6 heteroatoms. The van der Waals surface area contributed by atoms with E-state index in [1.807, 2.05) is 13.8 Å². The van der Waals surface area contributed by atoms with E-state index < -0.39 is 5.91 Å². The van der Waals surface area contributed by atoms with Gasteiger partial charge in [-0.05, 0) is 26.0 Å². The normalized spacial score (nSPS) is 9.48. The Morgan fingerprint density at radius 3 is 2.71 bits per heavy atom. The van der Waals surface area contributed by atoms with Crippen LogP contribution >= 0.6 is 0 Å². The third-order valence-corrected chi connectivity index (χ3v) is 2.84. The van der Waals surface area contributed by atoms with E-state index >= 15 is 0 Å². The van der Waals surface area contributed by atoms with Gasteiger partial charge in [0.1, 0.15) is 12.3 Å². The van der Waals surface area contributed by atoms with Gasteiger partial charge in [0, 0.05) is 19.3 Å². The number of carbonyl (C=O) groups is 2. The molecule has 21 heavy (non-hydrogen) atoms. The van der Waals surface area contributed by atoms with Crippen LogP contribution in [0.2, 0.25) is 0 Å². The van der Waals surface area contributed by atoms with Crippen molar-refractivity contribution < 1.29 is 14.7 Å². The lowest BCUT2D eigenvalue weighted by molar-refractivity contribution is -0.129. The summed E-state index contributed by atoms with van der Waals surface area (Å²) in [6.45, 7) is 4.58. The van der Waals surface area contributed by atoms with Gasteiger partial charge in [-0.2, -0.15) is 0 Å². The van der Waals surface area contributed by atoms with E-state index in [-0.39, 0.29) is 24.8 Å². The zero-order chi connectivity index (χ0) is 15.7. The lowest BCUT2D eigenvalue weighted by Crippen LogP contribution is -2.40. The predicted octanol–water partition coefficient (Wildman–Crippen LogP) is 0.0236. The fourth-order valence-corrected chi connectivity index (χ4v) is 1.75. The highest BCUT2D eigenvalue weighted by atomic mass is 16.2. The van der Waals surface area contributed by atoms with Crippen LogP contribution in [0.4, 0.5) is 0 Å². The molecule has 0 aliphatic carbocycles. The van der Waals surface area contributed by atoms with Gasteiger partial charge in [-0.3, -0.25) is 9.59 Å². The minimum Gasteiger partial charge on any atom is -0.384 e. The highest BCUT2D eigenvalue weighted by Gasteiger charge is 2.15. The number of pyridine rings is 1. The summed E-state index contributed by atoms with van der Waals surface area (Å²) in [5.41, 5.74) is 0.560. The number of aliphatic hydroxyl groups excluding tert-OH is 1. The zero-order valence-corrected chi connectivity index (χ0v) is 12.2. The fraction of sp³-hybridized carbons (Fsp3) is 0.400. The summed E-state index contributed by atoms with van der Waals surface area (Å²) in [6.07, 6.45) is 1.48. The number of likely N-dealkylation sites (N-methyl/N-ethyl adjacent to an activating group) is 1. The van der Waals surface area contributed by atoms with E-state index in [2.05, 4.69) is 22.1 Å². The molecule has 1 heterocycles. The fourth-order valence-electron chi connectivity index (χ4n) is 1.75. The number of carbonyl (C=O) groups excluding carboxylic acids is 2. The number of rotatable bonds is 5. The first-order chi connectivity index (χ1) is 10.1. The third-order valence-electron chi connectivity index (χ3n) is 2.84. The summed E-state index contributed by atoms with van der Waals surface area (Å²) in [4.78, 5) is 29.5. The molecular weight excluding hydrogens is 270 g/mol. The molecule has 0 spiro atoms. The molecule has 2 amide bonds. The van der Waals surface area contributed by atoms with Gasteiger partial charge in [-0.1, -0.05) is 11.8 Å². The van der Waals surface area contributed by atoms with Crippen LogP contribution in [0.5, 0.6) is 0 Å². The SMILES string of the molecule is CCN(CC)C(=O)CNC(=O)c1ncccc1C#CCO. The maximum absolute atomic E-state index is 12.1. The molecule has 0 radical (unpaired) electrons. The summed E-state index contributed by atoms with van der Waals surface area (Å²) < 4.78 is 0. The molecule has 0 aromatic carbocycles. The lowest BCUT2D eigenvalue weighted by atomic mass is 10.2. The Morgan fingerprint density at radius 2 is 2.10 bits per heavy atom. The van der Waals surface area contributed by atoms with Crippen molar-refractivity contribution in [3.63, 3.8) is 0 Å². The number of aliphatic hydroxyl groups is 1. The standard InChI is InChI=1S/C15H19N3O3/c1-3-18(4-2)13(20)11-17-15(21)14-12(8-6-10-19)7-5-9-16-14/h5,7,9,19H,3-4,10-11H2,1-2H3,(H,17,21). The average molecular weight is 289 g/mol. The van der Waals surface area contributed by atoms with Crippen molar-refractivity contribution in [2.24, 2.45) is 0 Å². The molecule has 1 aromatic heterocycles. The summed E-state index contributed by atoms with van der Waals surface area (Å²) >= 11 is 0. The molecule has 1 aromatic rings. The quantitative estimate of drug-likeness (QED) is 0.749. The number of amides is 2. The maximum atomic E-state index is 12.1. The summed E-state index contributed by atoms with van der Waals surface area (Å²) in [6, 6.07) is 3.29. The minimum absolute atomic E-state index is 0.0794. The molecule has 0 saturated carbocycles. The number of nitrogens with one attached hydrogen (secondary N) is 1. The monoisotopic (exact) mass is 289 g/mol. The number of aromatic nitrogens is 1. The minimum atomic E-state index is -0.460. The van der Waals surface area contributed by atoms with Gasteiger partial charge in [-0.15, -0.1) is 0 Å². The highest BCUT2D eigenvalue weighted by Crippen LogP contribution is 2.03. The Bertz CT molecular complexity index is 557. The predicted molar refractivity (Wildman–Crippen MR) is 78.5 cm³/mol. The second-order valence-corrected chi connectivity index (χ2v) is 4.11. The second kappa shape index (κ2) is 8.72. The lowest BCUT2D eigenvalue weighted by Gasteiger charge is -2.18. The van der Waals surface area contributed by atoms with E-state index in [1.54, 1.807) is 17.0 Å². The number of nitrogens with zero attached hydrogens (tertiary/aromatic N) is 2. The van der Waals surface area contributed by atoms with Crippen LogP contribution in [-0.2, 0) is 4.79 Å². The van der Waals surface area contributed by atoms with Gasteiger partial charge in [0.25, 0.3) is 5.91 Å². The first-order valence-corrected chi connectivity index (χ1v) is 6.74. The van der Waals surface area contributed by atoms with Crippen LogP contribution in [0, 0.1) is 11.8 Å². The Morgan fingerprint density at radius 1 is 1.38 bits per heavy atom. The summed E-state index contributed by atoms with van der Waals surface area (Å²) in [7, 11) is 0. The van der Waals surface area contributed by atoms with E-state index in [1.165, 1.54) is 6.20 Å². The maximum Gasteiger partial charge on any atom is 0.271 e. The molecule has 0 saturated heterocycles. The van der Waals surface area contributed by atoms with Gasteiger partial charge in [0.05, 0.1) is 12.1 Å². The smallest absolute Gasteiger partial charge is 0.271 e. The van der Waals surface area contributed by atoms with E-state index in [9.17, 15) is 9.59 Å². The highest BCUT2D eigenvalue weighted by molar-refractivity contribution is 5.96. The Balaban J connectivity index is 2.74. The van der Waals surface area contributed by atoms with Crippen molar-refractivity contribution in [1.29, 1.82) is 0 Å². The molecule has 6 nitrogen and oxygen atoms in total. The Hall–Kier alpha value is -2.39. The van der Waals surface area contributed by atoms with Crippen LogP contribution in [0.3, 0.4) is 0 Å². The van der Waals surface area contributed by atoms with Crippen LogP contribution in [0.15, 0.2) is 18.3 Å². The van der Waals surface area contributed by atoms with Crippen molar-refractivity contribution >= 4 is 11.8 Å². The van der Waals surface area contributed by atoms with Crippen molar-refractivity contribution in [2.45, 2.75) is 13.8 Å². The van der Waals surface area contributed by atoms with E-state index in [4.69, 9.17) is 5.11 Å². The van der Waals surface area contributed by atoms with Crippen molar-refractivity contribution in [1.82, 2.24) is 15.2 Å².